The fraction of sp³-hybridized carbons (Fsp3) is 0.909. The minimum absolute atomic E-state index is 0.475. The van der Waals surface area contributed by atoms with E-state index in [0.717, 1.165) is 25.7 Å². The van der Waals surface area contributed by atoms with E-state index in [0.29, 0.717) is 13.2 Å². The third-order valence-corrected chi connectivity index (χ3v) is 1.81. The highest BCUT2D eigenvalue weighted by atomic mass is 16.7. The summed E-state index contributed by atoms with van der Waals surface area (Å²) in [7, 11) is 0. The van der Waals surface area contributed by atoms with Crippen molar-refractivity contribution in [2.24, 2.45) is 5.90 Å². The number of hydroxylamine groups is 1. The number of carbonyl (C=O) groups excluding carboxylic acids is 1. The SMILES string of the molecule is CC(C)(C)OC(=O)NOCCCCCCON. The van der Waals surface area contributed by atoms with Crippen LogP contribution in [0.3, 0.4) is 0 Å². The number of unbranched alkanes of at least 4 members (excludes halogenated alkanes) is 3. The van der Waals surface area contributed by atoms with E-state index in [1.54, 1.807) is 20.8 Å². The summed E-state index contributed by atoms with van der Waals surface area (Å²) >= 11 is 0. The van der Waals surface area contributed by atoms with Crippen molar-refractivity contribution in [2.45, 2.75) is 52.1 Å². The minimum Gasteiger partial charge on any atom is -0.442 e. The molecule has 0 saturated carbocycles. The predicted molar refractivity (Wildman–Crippen MR) is 63.9 cm³/mol. The summed E-state index contributed by atoms with van der Waals surface area (Å²) in [6.07, 6.45) is 3.30. The summed E-state index contributed by atoms with van der Waals surface area (Å²) < 4.78 is 4.99. The van der Waals surface area contributed by atoms with E-state index >= 15 is 0 Å². The van der Waals surface area contributed by atoms with Gasteiger partial charge in [0.2, 0.25) is 0 Å². The number of nitrogens with one attached hydrogen (secondary N) is 1. The van der Waals surface area contributed by atoms with Gasteiger partial charge in [-0.2, -0.15) is 5.48 Å². The van der Waals surface area contributed by atoms with Crippen molar-refractivity contribution in [3.05, 3.63) is 0 Å². The normalized spacial score (nSPS) is 11.3. The number of nitrogens with two attached hydrogens (primary N) is 1. The Balaban J connectivity index is 3.25. The molecule has 0 spiro atoms. The zero-order valence-corrected chi connectivity index (χ0v) is 11.0. The molecule has 0 aromatic carbocycles. The second kappa shape index (κ2) is 9.21. The van der Waals surface area contributed by atoms with Gasteiger partial charge in [0.15, 0.2) is 0 Å². The van der Waals surface area contributed by atoms with E-state index in [1.165, 1.54) is 0 Å². The Morgan fingerprint density at radius 3 is 2.24 bits per heavy atom. The number of ether oxygens (including phenoxy) is 1. The molecule has 0 aromatic heterocycles. The smallest absolute Gasteiger partial charge is 0.431 e. The molecule has 0 bridgehead atoms. The molecule has 0 unspecified atom stereocenters. The first-order valence-electron chi connectivity index (χ1n) is 5.88. The lowest BCUT2D eigenvalue weighted by Crippen LogP contribution is -2.32. The van der Waals surface area contributed by atoms with Crippen molar-refractivity contribution in [1.82, 2.24) is 5.48 Å². The van der Waals surface area contributed by atoms with Crippen molar-refractivity contribution in [3.63, 3.8) is 0 Å². The number of rotatable bonds is 8. The molecule has 0 aliphatic carbocycles. The van der Waals surface area contributed by atoms with Crippen LogP contribution in [0, 0.1) is 0 Å². The van der Waals surface area contributed by atoms with Crippen LogP contribution in [0.25, 0.3) is 0 Å². The summed E-state index contributed by atoms with van der Waals surface area (Å²) in [6.45, 7) is 6.45. The van der Waals surface area contributed by atoms with Crippen molar-refractivity contribution >= 4 is 6.09 Å². The maximum absolute atomic E-state index is 11.1. The number of hydrogen-bond acceptors (Lipinski definition) is 5. The van der Waals surface area contributed by atoms with Crippen LogP contribution < -0.4 is 11.4 Å². The van der Waals surface area contributed by atoms with Gasteiger partial charge in [-0.25, -0.2) is 10.7 Å². The highest BCUT2D eigenvalue weighted by Gasteiger charge is 2.15. The monoisotopic (exact) mass is 248 g/mol. The summed E-state index contributed by atoms with van der Waals surface area (Å²) in [6, 6.07) is 0. The predicted octanol–water partition coefficient (Wildman–Crippen LogP) is 1.89. The molecule has 3 N–H and O–H groups in total. The Hall–Kier alpha value is -0.850. The average Bonchev–Trinajstić information content (AvgIpc) is 2.19. The molecule has 0 radical (unpaired) electrons. The van der Waals surface area contributed by atoms with Gasteiger partial charge < -0.3 is 9.57 Å². The summed E-state index contributed by atoms with van der Waals surface area (Å²) in [4.78, 5) is 20.6. The van der Waals surface area contributed by atoms with Crippen molar-refractivity contribution in [3.8, 4) is 0 Å². The van der Waals surface area contributed by atoms with E-state index in [4.69, 9.17) is 15.5 Å². The number of carbonyl (C=O) groups is 1. The Morgan fingerprint density at radius 2 is 1.71 bits per heavy atom. The second-order valence-electron chi connectivity index (χ2n) is 4.74. The van der Waals surface area contributed by atoms with Gasteiger partial charge >= 0.3 is 6.09 Å². The molecule has 0 atom stereocenters. The molecule has 0 heterocycles. The van der Waals surface area contributed by atoms with Crippen LogP contribution in [-0.2, 0) is 14.4 Å². The van der Waals surface area contributed by atoms with E-state index < -0.39 is 11.7 Å². The van der Waals surface area contributed by atoms with Gasteiger partial charge in [0.05, 0.1) is 13.2 Å². The number of amides is 1. The lowest BCUT2D eigenvalue weighted by Gasteiger charge is -2.19. The van der Waals surface area contributed by atoms with Crippen molar-refractivity contribution in [2.75, 3.05) is 13.2 Å². The van der Waals surface area contributed by atoms with Crippen LogP contribution in [0.15, 0.2) is 0 Å². The van der Waals surface area contributed by atoms with Gasteiger partial charge in [-0.3, -0.25) is 4.84 Å². The first-order chi connectivity index (χ1) is 7.95. The molecule has 0 saturated heterocycles. The minimum atomic E-state index is -0.561. The lowest BCUT2D eigenvalue weighted by atomic mass is 10.2. The molecule has 0 fully saturated rings. The third-order valence-electron chi connectivity index (χ3n) is 1.81. The summed E-state index contributed by atoms with van der Waals surface area (Å²) in [5.41, 5.74) is 1.73. The maximum atomic E-state index is 11.1. The molecule has 6 nitrogen and oxygen atoms in total. The van der Waals surface area contributed by atoms with Crippen LogP contribution in [-0.4, -0.2) is 24.9 Å². The molecule has 1 amide bonds. The molecule has 6 heteroatoms. The second-order valence-corrected chi connectivity index (χ2v) is 4.74. The molecule has 17 heavy (non-hydrogen) atoms. The van der Waals surface area contributed by atoms with Crippen LogP contribution in [0.4, 0.5) is 4.79 Å². The van der Waals surface area contributed by atoms with Crippen LogP contribution >= 0.6 is 0 Å². The molecule has 102 valence electrons. The molecule has 0 aromatic rings. The van der Waals surface area contributed by atoms with E-state index in [2.05, 4.69) is 10.3 Å². The van der Waals surface area contributed by atoms with Gasteiger partial charge in [0.25, 0.3) is 0 Å². The quantitative estimate of drug-likeness (QED) is 0.506. The third kappa shape index (κ3) is 13.1. The fourth-order valence-electron chi connectivity index (χ4n) is 1.12. The first-order valence-corrected chi connectivity index (χ1v) is 5.88. The Bertz CT molecular complexity index is 204. The van der Waals surface area contributed by atoms with E-state index in [9.17, 15) is 4.79 Å². The Kier molecular flexibility index (Phi) is 8.75. The zero-order chi connectivity index (χ0) is 13.1. The van der Waals surface area contributed by atoms with Crippen molar-refractivity contribution < 1.29 is 19.2 Å². The Labute approximate surface area is 103 Å². The van der Waals surface area contributed by atoms with Crippen LogP contribution in [0.5, 0.6) is 0 Å². The zero-order valence-electron chi connectivity index (χ0n) is 11.0. The van der Waals surface area contributed by atoms with Crippen LogP contribution in [0.1, 0.15) is 46.5 Å². The molecule has 0 aliphatic heterocycles. The standard InChI is InChI=1S/C11H24N2O4/c1-11(2,3)17-10(14)13-16-9-7-5-4-6-8-15-12/h4-9,12H2,1-3H3,(H,13,14). The average molecular weight is 248 g/mol. The van der Waals surface area contributed by atoms with Gasteiger partial charge in [-0.15, -0.1) is 0 Å². The Morgan fingerprint density at radius 1 is 1.12 bits per heavy atom. The van der Waals surface area contributed by atoms with Gasteiger partial charge in [-0.1, -0.05) is 12.8 Å². The molecule has 0 rings (SSSR count). The largest absolute Gasteiger partial charge is 0.442 e. The highest BCUT2D eigenvalue weighted by Crippen LogP contribution is 2.06. The van der Waals surface area contributed by atoms with E-state index in [1.807, 2.05) is 0 Å². The topological polar surface area (TPSA) is 82.8 Å². The van der Waals surface area contributed by atoms with Gasteiger partial charge in [0, 0.05) is 0 Å². The number of hydrogen-bond donors (Lipinski definition) is 2. The van der Waals surface area contributed by atoms with E-state index in [-0.39, 0.29) is 0 Å². The molecular formula is C11H24N2O4. The summed E-state index contributed by atoms with van der Waals surface area (Å²) in [5.74, 6) is 4.89. The first kappa shape index (κ1) is 16.1. The fourth-order valence-corrected chi connectivity index (χ4v) is 1.12. The van der Waals surface area contributed by atoms with Gasteiger partial charge in [-0.05, 0) is 33.6 Å². The summed E-state index contributed by atoms with van der Waals surface area (Å²) in [5, 5.41) is 0. The van der Waals surface area contributed by atoms with Crippen molar-refractivity contribution in [1.29, 1.82) is 0 Å². The van der Waals surface area contributed by atoms with Gasteiger partial charge in [0.1, 0.15) is 5.60 Å². The molecular weight excluding hydrogens is 224 g/mol. The maximum Gasteiger partial charge on any atom is 0.431 e. The van der Waals surface area contributed by atoms with Crippen LogP contribution in [0.2, 0.25) is 0 Å². The highest BCUT2D eigenvalue weighted by molar-refractivity contribution is 5.66. The lowest BCUT2D eigenvalue weighted by molar-refractivity contribution is -0.00867. The molecule has 0 aliphatic rings.